The van der Waals surface area contributed by atoms with Gasteiger partial charge in [0, 0.05) is 5.56 Å². The van der Waals surface area contributed by atoms with E-state index in [1.165, 1.54) is 7.11 Å². The lowest BCUT2D eigenvalue weighted by atomic mass is 9.75. The smallest absolute Gasteiger partial charge is 0.337 e. The summed E-state index contributed by atoms with van der Waals surface area (Å²) in [6.07, 6.45) is 0. The van der Waals surface area contributed by atoms with E-state index in [1.807, 2.05) is 18.2 Å². The average Bonchev–Trinajstić information content (AvgIpc) is 2.68. The molecule has 24 heavy (non-hydrogen) atoms. The maximum atomic E-state index is 13.1. The monoisotopic (exact) mass is 326 g/mol. The molecule has 0 aliphatic carbocycles. The molecule has 0 amide bonds. The van der Waals surface area contributed by atoms with E-state index in [0.717, 1.165) is 5.56 Å². The molecular weight excluding hydrogens is 308 g/mol. The molecule has 0 unspecified atom stereocenters. The molecule has 5 nitrogen and oxygen atoms in total. The van der Waals surface area contributed by atoms with Gasteiger partial charge >= 0.3 is 5.97 Å². The number of ketones is 1. The number of carbonyl (C=O) groups excluding carboxylic acids is 2. The van der Waals surface area contributed by atoms with Gasteiger partial charge in [-0.1, -0.05) is 42.5 Å². The second-order valence-electron chi connectivity index (χ2n) is 5.66. The summed E-state index contributed by atoms with van der Waals surface area (Å²) >= 11 is 0. The fourth-order valence-electron chi connectivity index (χ4n) is 2.87. The van der Waals surface area contributed by atoms with Crippen molar-refractivity contribution in [3.8, 4) is 0 Å². The number of benzene rings is 2. The van der Waals surface area contributed by atoms with Gasteiger partial charge in [0.25, 0.3) is 0 Å². The van der Waals surface area contributed by atoms with Crippen LogP contribution in [0.5, 0.6) is 0 Å². The highest BCUT2D eigenvalue weighted by Crippen LogP contribution is 2.32. The van der Waals surface area contributed by atoms with Crippen LogP contribution in [-0.4, -0.2) is 38.9 Å². The average molecular weight is 326 g/mol. The Labute approximate surface area is 140 Å². The summed E-state index contributed by atoms with van der Waals surface area (Å²) in [5.74, 6) is -0.477. The lowest BCUT2D eigenvalue weighted by Gasteiger charge is -2.36. The summed E-state index contributed by atoms with van der Waals surface area (Å²) in [7, 11) is 1.33. The number of hydrogen-bond acceptors (Lipinski definition) is 5. The zero-order chi connectivity index (χ0) is 17.0. The second kappa shape index (κ2) is 6.95. The van der Waals surface area contributed by atoms with Gasteiger partial charge in [-0.3, -0.25) is 4.79 Å². The number of rotatable bonds is 4. The summed E-state index contributed by atoms with van der Waals surface area (Å²) in [6, 6.07) is 15.9. The number of ether oxygens (including phenoxy) is 3. The van der Waals surface area contributed by atoms with Gasteiger partial charge in [0.05, 0.1) is 25.9 Å². The Morgan fingerprint density at radius 3 is 2.12 bits per heavy atom. The molecule has 3 rings (SSSR count). The zero-order valence-electron chi connectivity index (χ0n) is 13.4. The van der Waals surface area contributed by atoms with Gasteiger partial charge in [-0.2, -0.15) is 0 Å². The Hall–Kier alpha value is -2.50. The minimum atomic E-state index is -0.922. The number of esters is 1. The Morgan fingerprint density at radius 1 is 0.917 bits per heavy atom. The van der Waals surface area contributed by atoms with Crippen molar-refractivity contribution in [2.24, 2.45) is 0 Å². The van der Waals surface area contributed by atoms with Crippen molar-refractivity contribution in [2.75, 3.05) is 27.1 Å². The third-order valence-corrected chi connectivity index (χ3v) is 4.19. The predicted octanol–water partition coefficient (Wildman–Crippen LogP) is 2.60. The molecule has 1 aliphatic rings. The van der Waals surface area contributed by atoms with Gasteiger partial charge in [-0.25, -0.2) is 4.79 Å². The first-order valence-electron chi connectivity index (χ1n) is 7.61. The van der Waals surface area contributed by atoms with E-state index in [2.05, 4.69) is 0 Å². The lowest BCUT2D eigenvalue weighted by Crippen LogP contribution is -2.48. The topological polar surface area (TPSA) is 61.8 Å². The van der Waals surface area contributed by atoms with Gasteiger partial charge in [-0.15, -0.1) is 0 Å². The van der Waals surface area contributed by atoms with Crippen molar-refractivity contribution in [2.45, 2.75) is 5.41 Å². The lowest BCUT2D eigenvalue weighted by molar-refractivity contribution is -0.127. The molecule has 124 valence electrons. The van der Waals surface area contributed by atoms with Gasteiger partial charge < -0.3 is 14.2 Å². The summed E-state index contributed by atoms with van der Waals surface area (Å²) < 4.78 is 15.6. The number of Topliss-reactive ketones (excluding diaryl/α,β-unsaturated/α-hetero) is 1. The first-order valence-corrected chi connectivity index (χ1v) is 7.61. The number of hydrogen-bond donors (Lipinski definition) is 0. The van der Waals surface area contributed by atoms with Crippen molar-refractivity contribution >= 4 is 11.8 Å². The molecular formula is C19H18O5. The Kier molecular flexibility index (Phi) is 4.74. The van der Waals surface area contributed by atoms with Gasteiger partial charge in [0.15, 0.2) is 5.78 Å². The third kappa shape index (κ3) is 2.96. The largest absolute Gasteiger partial charge is 0.465 e. The first kappa shape index (κ1) is 16.4. The van der Waals surface area contributed by atoms with Crippen molar-refractivity contribution < 1.29 is 23.8 Å². The summed E-state index contributed by atoms with van der Waals surface area (Å²) in [5, 5.41) is 0. The van der Waals surface area contributed by atoms with Crippen LogP contribution in [0.1, 0.15) is 26.3 Å². The van der Waals surface area contributed by atoms with Crippen molar-refractivity contribution in [3.05, 3.63) is 71.3 Å². The molecule has 1 heterocycles. The fraction of sp³-hybridized carbons (Fsp3) is 0.263. The molecule has 2 aromatic carbocycles. The fourth-order valence-corrected chi connectivity index (χ4v) is 2.87. The second-order valence-corrected chi connectivity index (χ2v) is 5.66. The highest BCUT2D eigenvalue weighted by molar-refractivity contribution is 6.04. The van der Waals surface area contributed by atoms with E-state index < -0.39 is 11.4 Å². The predicted molar refractivity (Wildman–Crippen MR) is 87.0 cm³/mol. The number of methoxy groups -OCH3 is 1. The van der Waals surface area contributed by atoms with Gasteiger partial charge in [0.1, 0.15) is 12.2 Å². The maximum Gasteiger partial charge on any atom is 0.337 e. The Morgan fingerprint density at radius 2 is 1.54 bits per heavy atom. The van der Waals surface area contributed by atoms with Crippen LogP contribution in [0.4, 0.5) is 0 Å². The summed E-state index contributed by atoms with van der Waals surface area (Å²) in [6.45, 7) is 0.640. The van der Waals surface area contributed by atoms with Crippen LogP contribution < -0.4 is 0 Å². The van der Waals surface area contributed by atoms with Crippen molar-refractivity contribution in [1.82, 2.24) is 0 Å². The molecule has 1 fully saturated rings. The standard InChI is InChI=1S/C19H18O5/c1-22-18(21)15-7-9-16(10-8-15)19(11-23-13-24-12-19)17(20)14-5-3-2-4-6-14/h2-10H,11-13H2,1H3. The minimum Gasteiger partial charge on any atom is -0.465 e. The van der Waals surface area contributed by atoms with Crippen LogP contribution >= 0.6 is 0 Å². The van der Waals surface area contributed by atoms with Crippen LogP contribution in [0.2, 0.25) is 0 Å². The van der Waals surface area contributed by atoms with Crippen LogP contribution in [0, 0.1) is 0 Å². The van der Waals surface area contributed by atoms with Crippen LogP contribution in [0.15, 0.2) is 54.6 Å². The normalized spacial score (nSPS) is 16.4. The number of carbonyl (C=O) groups is 2. The molecule has 5 heteroatoms. The molecule has 0 radical (unpaired) electrons. The van der Waals surface area contributed by atoms with E-state index in [4.69, 9.17) is 14.2 Å². The molecule has 0 N–H and O–H groups in total. The molecule has 0 bridgehead atoms. The highest BCUT2D eigenvalue weighted by Gasteiger charge is 2.43. The van der Waals surface area contributed by atoms with Gasteiger partial charge in [-0.05, 0) is 17.7 Å². The van der Waals surface area contributed by atoms with E-state index in [0.29, 0.717) is 11.1 Å². The molecule has 2 aromatic rings. The third-order valence-electron chi connectivity index (χ3n) is 4.19. The zero-order valence-corrected chi connectivity index (χ0v) is 13.4. The molecule has 0 atom stereocenters. The maximum absolute atomic E-state index is 13.1. The molecule has 0 saturated carbocycles. The van der Waals surface area contributed by atoms with Crippen LogP contribution in [-0.2, 0) is 19.6 Å². The first-order chi connectivity index (χ1) is 11.7. The summed E-state index contributed by atoms with van der Waals surface area (Å²) in [5.41, 5.74) is 0.863. The van der Waals surface area contributed by atoms with E-state index in [-0.39, 0.29) is 25.8 Å². The van der Waals surface area contributed by atoms with Crippen molar-refractivity contribution in [3.63, 3.8) is 0 Å². The van der Waals surface area contributed by atoms with E-state index in [9.17, 15) is 9.59 Å². The van der Waals surface area contributed by atoms with Gasteiger partial charge in [0.2, 0.25) is 0 Å². The minimum absolute atomic E-state index is 0.0615. The molecule has 0 aromatic heterocycles. The quantitative estimate of drug-likeness (QED) is 0.638. The van der Waals surface area contributed by atoms with E-state index >= 15 is 0 Å². The Balaban J connectivity index is 2.00. The molecule has 1 aliphatic heterocycles. The van der Waals surface area contributed by atoms with Crippen molar-refractivity contribution in [1.29, 1.82) is 0 Å². The summed E-state index contributed by atoms with van der Waals surface area (Å²) in [4.78, 5) is 24.7. The SMILES string of the molecule is COC(=O)c1ccc(C2(C(=O)c3ccccc3)COCOC2)cc1. The van der Waals surface area contributed by atoms with E-state index in [1.54, 1.807) is 36.4 Å². The highest BCUT2D eigenvalue weighted by atomic mass is 16.7. The molecule has 0 spiro atoms. The Bertz CT molecular complexity index is 715. The van der Waals surface area contributed by atoms with Crippen LogP contribution in [0.25, 0.3) is 0 Å². The molecule has 1 saturated heterocycles. The van der Waals surface area contributed by atoms with Crippen LogP contribution in [0.3, 0.4) is 0 Å².